The first kappa shape index (κ1) is 14.1. The van der Waals surface area contributed by atoms with Gasteiger partial charge in [0.2, 0.25) is 0 Å². The maximum Gasteiger partial charge on any atom is 0.510 e. The Labute approximate surface area is 83.9 Å². The molecule has 0 radical (unpaired) electrons. The van der Waals surface area contributed by atoms with Gasteiger partial charge in [0.25, 0.3) is 6.10 Å². The first-order valence-corrected chi connectivity index (χ1v) is 3.65. The highest BCUT2D eigenvalue weighted by Gasteiger charge is 2.60. The minimum Gasteiger partial charge on any atom is -0.418 e. The molecule has 0 saturated heterocycles. The van der Waals surface area contributed by atoms with Gasteiger partial charge in [-0.05, 0) is 0 Å². The van der Waals surface area contributed by atoms with Gasteiger partial charge in [-0.1, -0.05) is 11.6 Å². The van der Waals surface area contributed by atoms with Gasteiger partial charge in [0, 0.05) is 0 Å². The Morgan fingerprint density at radius 3 is 1.80 bits per heavy atom. The number of carbonyl (C=O) groups excluding carboxylic acids is 1. The second kappa shape index (κ2) is 4.77. The van der Waals surface area contributed by atoms with Gasteiger partial charge < -0.3 is 9.47 Å². The first-order chi connectivity index (χ1) is 6.59. The predicted octanol–water partition coefficient (Wildman–Crippen LogP) is 2.83. The summed E-state index contributed by atoms with van der Waals surface area (Å²) in [5, 5.41) is 0. The third-order valence-corrected chi connectivity index (χ3v) is 1.09. The molecule has 0 saturated carbocycles. The SMILES string of the molecule is O=C(OCCl)OC(C(F)(F)F)C(F)(F)F. The molecule has 0 aromatic carbocycles. The predicted molar refractivity (Wildman–Crippen MR) is 34.2 cm³/mol. The fourth-order valence-corrected chi connectivity index (χ4v) is 0.583. The largest absolute Gasteiger partial charge is 0.510 e. The van der Waals surface area contributed by atoms with Gasteiger partial charge in [0.15, 0.2) is 6.07 Å². The van der Waals surface area contributed by atoms with Crippen molar-refractivity contribution in [3.8, 4) is 0 Å². The molecular weight excluding hydrogens is 257 g/mol. The molecule has 15 heavy (non-hydrogen) atoms. The lowest BCUT2D eigenvalue weighted by Gasteiger charge is -2.21. The smallest absolute Gasteiger partial charge is 0.418 e. The summed E-state index contributed by atoms with van der Waals surface area (Å²) in [6, 6.07) is -0.915. The van der Waals surface area contributed by atoms with Crippen molar-refractivity contribution < 1.29 is 40.6 Å². The maximum absolute atomic E-state index is 11.7. The van der Waals surface area contributed by atoms with Crippen molar-refractivity contribution in [1.82, 2.24) is 0 Å². The molecule has 0 unspecified atom stereocenters. The van der Waals surface area contributed by atoms with Crippen molar-refractivity contribution in [2.75, 3.05) is 6.07 Å². The van der Waals surface area contributed by atoms with Crippen LogP contribution in [0.3, 0.4) is 0 Å². The van der Waals surface area contributed by atoms with Gasteiger partial charge in [-0.15, -0.1) is 0 Å². The molecule has 0 N–H and O–H groups in total. The molecule has 0 heterocycles. The highest BCUT2D eigenvalue weighted by atomic mass is 35.5. The normalized spacial score (nSPS) is 12.8. The summed E-state index contributed by atoms with van der Waals surface area (Å²) < 4.78 is 77.0. The average molecular weight is 261 g/mol. The average Bonchev–Trinajstić information content (AvgIpc) is 1.96. The Morgan fingerprint density at radius 1 is 1.13 bits per heavy atom. The van der Waals surface area contributed by atoms with E-state index in [4.69, 9.17) is 11.6 Å². The Kier molecular flexibility index (Phi) is 4.50. The lowest BCUT2D eigenvalue weighted by atomic mass is 10.3. The van der Waals surface area contributed by atoms with Gasteiger partial charge >= 0.3 is 18.5 Å². The van der Waals surface area contributed by atoms with Crippen LogP contribution in [0.2, 0.25) is 0 Å². The van der Waals surface area contributed by atoms with Crippen LogP contribution in [0, 0.1) is 0 Å². The summed E-state index contributed by atoms with van der Waals surface area (Å²) in [5.41, 5.74) is 0. The van der Waals surface area contributed by atoms with Crippen molar-refractivity contribution in [2.45, 2.75) is 18.5 Å². The molecule has 0 rings (SSSR count). The minimum absolute atomic E-state index is 0.915. The zero-order chi connectivity index (χ0) is 12.3. The number of halogens is 7. The molecule has 0 aliphatic rings. The van der Waals surface area contributed by atoms with Gasteiger partial charge in [-0.25, -0.2) is 4.79 Å². The van der Waals surface area contributed by atoms with E-state index in [1.807, 2.05) is 0 Å². The molecule has 3 nitrogen and oxygen atoms in total. The summed E-state index contributed by atoms with van der Waals surface area (Å²) in [7, 11) is 0. The molecular formula is C5H3ClF6O3. The van der Waals surface area contributed by atoms with Crippen LogP contribution in [0.1, 0.15) is 0 Å². The second-order valence-electron chi connectivity index (χ2n) is 2.08. The zero-order valence-electron chi connectivity index (χ0n) is 6.65. The Balaban J connectivity index is 4.62. The van der Waals surface area contributed by atoms with Gasteiger partial charge in [-0.3, -0.25) is 0 Å². The summed E-state index contributed by atoms with van der Waals surface area (Å²) >= 11 is 4.72. The van der Waals surface area contributed by atoms with Crippen molar-refractivity contribution >= 4 is 17.8 Å². The third-order valence-electron chi connectivity index (χ3n) is 0.981. The standard InChI is InChI=1S/C5H3ClF6O3/c6-1-14-3(13)15-2(4(7,8)9)5(10,11)12/h2H,1H2. The van der Waals surface area contributed by atoms with E-state index in [2.05, 4.69) is 9.47 Å². The van der Waals surface area contributed by atoms with E-state index in [0.29, 0.717) is 0 Å². The van der Waals surface area contributed by atoms with E-state index in [-0.39, 0.29) is 0 Å². The Hall–Kier alpha value is -0.860. The highest BCUT2D eigenvalue weighted by molar-refractivity contribution is 6.17. The molecule has 0 aliphatic carbocycles. The number of alkyl halides is 7. The Morgan fingerprint density at radius 2 is 1.53 bits per heavy atom. The quantitative estimate of drug-likeness (QED) is 0.435. The van der Waals surface area contributed by atoms with E-state index in [1.165, 1.54) is 0 Å². The van der Waals surface area contributed by atoms with E-state index < -0.39 is 30.7 Å². The summed E-state index contributed by atoms with van der Waals surface area (Å²) in [6.07, 6.45) is -17.9. The number of rotatable bonds is 2. The van der Waals surface area contributed by atoms with Crippen LogP contribution in [0.5, 0.6) is 0 Å². The number of hydrogen-bond acceptors (Lipinski definition) is 3. The molecule has 0 fully saturated rings. The molecule has 0 aromatic rings. The van der Waals surface area contributed by atoms with Crippen LogP contribution < -0.4 is 0 Å². The molecule has 0 atom stereocenters. The van der Waals surface area contributed by atoms with Gasteiger partial charge in [0.05, 0.1) is 0 Å². The van der Waals surface area contributed by atoms with Crippen LogP contribution in [0.15, 0.2) is 0 Å². The Bertz CT molecular complexity index is 210. The van der Waals surface area contributed by atoms with E-state index in [1.54, 1.807) is 0 Å². The third kappa shape index (κ3) is 4.96. The van der Waals surface area contributed by atoms with E-state index >= 15 is 0 Å². The van der Waals surface area contributed by atoms with Gasteiger partial charge in [0.1, 0.15) is 0 Å². The fourth-order valence-electron chi connectivity index (χ4n) is 0.494. The molecule has 0 aromatic heterocycles. The molecule has 10 heteroatoms. The molecule has 0 bridgehead atoms. The number of carbonyl (C=O) groups is 1. The highest BCUT2D eigenvalue weighted by Crippen LogP contribution is 2.35. The van der Waals surface area contributed by atoms with Crippen LogP contribution in [-0.4, -0.2) is 30.7 Å². The lowest BCUT2D eigenvalue weighted by molar-refractivity contribution is -0.310. The van der Waals surface area contributed by atoms with Crippen molar-refractivity contribution in [3.05, 3.63) is 0 Å². The molecule has 0 spiro atoms. The van der Waals surface area contributed by atoms with Crippen LogP contribution in [0.25, 0.3) is 0 Å². The fraction of sp³-hybridized carbons (Fsp3) is 0.800. The zero-order valence-corrected chi connectivity index (χ0v) is 7.41. The summed E-state index contributed by atoms with van der Waals surface area (Å²) in [4.78, 5) is 10.2. The molecule has 0 amide bonds. The van der Waals surface area contributed by atoms with Crippen molar-refractivity contribution in [2.24, 2.45) is 0 Å². The van der Waals surface area contributed by atoms with Crippen LogP contribution in [0.4, 0.5) is 31.1 Å². The minimum atomic E-state index is -5.76. The maximum atomic E-state index is 11.7. The summed E-state index contributed by atoms with van der Waals surface area (Å²) in [6.45, 7) is 0. The lowest BCUT2D eigenvalue weighted by Crippen LogP contribution is -2.45. The monoisotopic (exact) mass is 260 g/mol. The topological polar surface area (TPSA) is 35.5 Å². The van der Waals surface area contributed by atoms with Crippen molar-refractivity contribution in [3.63, 3.8) is 0 Å². The van der Waals surface area contributed by atoms with Crippen LogP contribution >= 0.6 is 11.6 Å². The van der Waals surface area contributed by atoms with E-state index in [9.17, 15) is 31.1 Å². The molecule has 90 valence electrons. The molecule has 0 aliphatic heterocycles. The first-order valence-electron chi connectivity index (χ1n) is 3.12. The van der Waals surface area contributed by atoms with Crippen molar-refractivity contribution in [1.29, 1.82) is 0 Å². The van der Waals surface area contributed by atoms with Crippen LogP contribution in [-0.2, 0) is 9.47 Å². The van der Waals surface area contributed by atoms with Gasteiger partial charge in [-0.2, -0.15) is 26.3 Å². The number of hydrogen-bond donors (Lipinski definition) is 0. The number of ether oxygens (including phenoxy) is 2. The summed E-state index contributed by atoms with van der Waals surface area (Å²) in [5.74, 6) is 0. The second-order valence-corrected chi connectivity index (χ2v) is 2.30. The van der Waals surface area contributed by atoms with E-state index in [0.717, 1.165) is 0 Å².